The molecule has 22 heteroatoms. The van der Waals surface area contributed by atoms with E-state index in [1.54, 1.807) is 0 Å². The molecule has 47 heavy (non-hydrogen) atoms. The standard InChI is InChI=1S/C25H26FN3O18/c26-14-6-10(7-29-22(38,39)24(42,43)47-25(44,45)23(29,40)41)4-5-11(14)9-46-15-3-1-2-12-13(15)8-28(16(12)30)19(33)17(31)27-18(32)20(34,35)21(19,36)37/h1-6,33-45H,7-9H2,(H,27,31,32). The summed E-state index contributed by atoms with van der Waals surface area (Å²) in [5.41, 5.74) is -4.84. The Balaban J connectivity index is 1.37. The fraction of sp³-hybridized carbons (Fsp3) is 0.400. The van der Waals surface area contributed by atoms with Crippen LogP contribution in [0.3, 0.4) is 0 Å². The van der Waals surface area contributed by atoms with Gasteiger partial charge in [-0.25, -0.2) is 4.39 Å². The average molecular weight is 675 g/mol. The lowest BCUT2D eigenvalue weighted by atomic mass is 9.86. The average Bonchev–Trinajstić information content (AvgIpc) is 3.29. The summed E-state index contributed by atoms with van der Waals surface area (Å²) in [4.78, 5) is 37.1. The van der Waals surface area contributed by atoms with Crippen molar-refractivity contribution in [2.75, 3.05) is 0 Å². The van der Waals surface area contributed by atoms with Crippen molar-refractivity contribution < 1.29 is 94.6 Å². The first-order valence-corrected chi connectivity index (χ1v) is 12.9. The zero-order chi connectivity index (χ0) is 35.3. The predicted molar refractivity (Wildman–Crippen MR) is 135 cm³/mol. The van der Waals surface area contributed by atoms with E-state index in [1.165, 1.54) is 17.4 Å². The maximum absolute atomic E-state index is 15.1. The van der Waals surface area contributed by atoms with Crippen molar-refractivity contribution in [3.63, 3.8) is 0 Å². The van der Waals surface area contributed by atoms with E-state index in [-0.39, 0.29) is 32.9 Å². The highest BCUT2D eigenvalue weighted by molar-refractivity contribution is 6.10. The van der Waals surface area contributed by atoms with Crippen LogP contribution >= 0.6 is 0 Å². The molecule has 0 radical (unpaired) electrons. The van der Waals surface area contributed by atoms with Gasteiger partial charge in [0.2, 0.25) is 0 Å². The van der Waals surface area contributed by atoms with Crippen LogP contribution in [0.25, 0.3) is 0 Å². The van der Waals surface area contributed by atoms with Crippen molar-refractivity contribution in [1.29, 1.82) is 0 Å². The summed E-state index contributed by atoms with van der Waals surface area (Å²) in [5, 5.41) is 132. The third-order valence-corrected chi connectivity index (χ3v) is 7.90. The first-order valence-electron chi connectivity index (χ1n) is 12.9. The number of fused-ring (bicyclic) bond motifs is 1. The summed E-state index contributed by atoms with van der Waals surface area (Å²) < 4.78 is 24.4. The lowest BCUT2D eigenvalue weighted by Crippen LogP contribution is -2.85. The molecule has 0 aliphatic carbocycles. The number of carbonyl (C=O) groups excluding carboxylic acids is 3. The van der Waals surface area contributed by atoms with Gasteiger partial charge in [0.1, 0.15) is 18.2 Å². The van der Waals surface area contributed by atoms with E-state index < -0.39 is 89.2 Å². The number of halogens is 1. The van der Waals surface area contributed by atoms with Gasteiger partial charge in [-0.1, -0.05) is 18.2 Å². The number of aliphatic hydroxyl groups is 13. The summed E-state index contributed by atoms with van der Waals surface area (Å²) in [6, 6.07) is 6.38. The number of nitrogens with zero attached hydrogens (tertiary/aromatic N) is 2. The lowest BCUT2D eigenvalue weighted by molar-refractivity contribution is -0.659. The molecule has 21 nitrogen and oxygen atoms in total. The van der Waals surface area contributed by atoms with Crippen LogP contribution in [-0.4, -0.2) is 135 Å². The molecule has 14 N–H and O–H groups in total. The van der Waals surface area contributed by atoms with Gasteiger partial charge in [0.05, 0.1) is 6.54 Å². The largest absolute Gasteiger partial charge is 0.488 e. The first-order chi connectivity index (χ1) is 21.3. The Bertz CT molecular complexity index is 1650. The van der Waals surface area contributed by atoms with Crippen LogP contribution < -0.4 is 10.1 Å². The van der Waals surface area contributed by atoms with Gasteiger partial charge in [-0.3, -0.25) is 29.3 Å². The van der Waals surface area contributed by atoms with Gasteiger partial charge < -0.3 is 71.1 Å². The minimum atomic E-state index is -4.34. The number of imide groups is 1. The predicted octanol–water partition coefficient (Wildman–Crippen LogP) is -7.55. The van der Waals surface area contributed by atoms with Crippen molar-refractivity contribution in [3.05, 3.63) is 64.5 Å². The molecule has 3 aliphatic heterocycles. The smallest absolute Gasteiger partial charge is 0.356 e. The van der Waals surface area contributed by atoms with Crippen molar-refractivity contribution in [2.24, 2.45) is 0 Å². The van der Waals surface area contributed by atoms with E-state index in [0.29, 0.717) is 6.07 Å². The molecule has 0 aromatic heterocycles. The molecule has 2 fully saturated rings. The molecule has 5 rings (SSSR count). The van der Waals surface area contributed by atoms with Crippen LogP contribution in [0.2, 0.25) is 0 Å². The van der Waals surface area contributed by atoms with Crippen molar-refractivity contribution >= 4 is 17.7 Å². The summed E-state index contributed by atoms with van der Waals surface area (Å²) in [7, 11) is 0. The zero-order valence-electron chi connectivity index (χ0n) is 23.2. The minimum Gasteiger partial charge on any atom is -0.488 e. The van der Waals surface area contributed by atoms with E-state index in [9.17, 15) is 80.8 Å². The van der Waals surface area contributed by atoms with Crippen LogP contribution in [-0.2, 0) is 34.0 Å². The maximum atomic E-state index is 15.1. The van der Waals surface area contributed by atoms with Gasteiger partial charge in [0, 0.05) is 23.2 Å². The van der Waals surface area contributed by atoms with Crippen molar-refractivity contribution in [1.82, 2.24) is 15.1 Å². The number of carbonyl (C=O) groups is 3. The third-order valence-electron chi connectivity index (χ3n) is 7.90. The molecule has 2 saturated heterocycles. The maximum Gasteiger partial charge on any atom is 0.356 e. The van der Waals surface area contributed by atoms with Gasteiger partial charge in [-0.05, 0) is 23.8 Å². The molecule has 1 atom stereocenters. The fourth-order valence-corrected chi connectivity index (χ4v) is 5.12. The quantitative estimate of drug-likeness (QED) is 0.0998. The summed E-state index contributed by atoms with van der Waals surface area (Å²) in [6.07, 6.45) is 0. The topological polar surface area (TPSA) is 351 Å². The number of benzene rings is 2. The third kappa shape index (κ3) is 4.71. The zero-order valence-corrected chi connectivity index (χ0v) is 23.2. The Morgan fingerprint density at radius 1 is 0.830 bits per heavy atom. The number of hydrogen-bond acceptors (Lipinski definition) is 19. The molecule has 0 spiro atoms. The SMILES string of the molecule is O=C1c2cccc(OCc3ccc(CN4C(O)(O)C(O)(O)OC(O)(O)C4(O)O)cc3F)c2CN1C1(O)C(=O)NC(=O)C(O)(O)C1(O)O. The second-order valence-corrected chi connectivity index (χ2v) is 10.9. The number of ether oxygens (including phenoxy) is 2. The minimum absolute atomic E-state index is 0.116. The van der Waals surface area contributed by atoms with Crippen LogP contribution in [0.15, 0.2) is 36.4 Å². The number of piperidine rings is 1. The van der Waals surface area contributed by atoms with Crippen molar-refractivity contribution in [3.8, 4) is 5.75 Å². The van der Waals surface area contributed by atoms with Crippen molar-refractivity contribution in [2.45, 2.75) is 60.8 Å². The van der Waals surface area contributed by atoms with Crippen LogP contribution in [0.4, 0.5) is 4.39 Å². The lowest BCUT2D eigenvalue weighted by Gasteiger charge is -2.55. The normalized spacial score (nSPS) is 26.9. The Hall–Kier alpha value is -3.82. The Morgan fingerprint density at radius 3 is 2.00 bits per heavy atom. The van der Waals surface area contributed by atoms with E-state index in [2.05, 4.69) is 4.74 Å². The van der Waals surface area contributed by atoms with E-state index in [1.807, 2.05) is 0 Å². The summed E-state index contributed by atoms with van der Waals surface area (Å²) in [5.74, 6) is -31.6. The molecule has 3 aliphatic rings. The number of rotatable bonds is 6. The number of hydrogen-bond donors (Lipinski definition) is 14. The fourth-order valence-electron chi connectivity index (χ4n) is 5.12. The molecule has 0 bridgehead atoms. The Labute approximate surface area is 258 Å². The number of amides is 3. The Morgan fingerprint density at radius 2 is 1.43 bits per heavy atom. The number of morpholine rings is 1. The van der Waals surface area contributed by atoms with Gasteiger partial charge in [0.25, 0.3) is 29.2 Å². The molecule has 0 saturated carbocycles. The molecule has 2 aromatic carbocycles. The molecule has 3 heterocycles. The van der Waals surface area contributed by atoms with Crippen LogP contribution in [0.5, 0.6) is 5.75 Å². The van der Waals surface area contributed by atoms with E-state index >= 15 is 4.39 Å². The molecule has 1 unspecified atom stereocenters. The monoisotopic (exact) mass is 675 g/mol. The molecule has 3 amide bonds. The molecule has 2 aromatic rings. The highest BCUT2D eigenvalue weighted by atomic mass is 19.1. The molecule has 256 valence electrons. The second kappa shape index (κ2) is 10.3. The highest BCUT2D eigenvalue weighted by Crippen LogP contribution is 2.44. The van der Waals surface area contributed by atoms with Crippen LogP contribution in [0, 0.1) is 5.82 Å². The van der Waals surface area contributed by atoms with Crippen LogP contribution in [0.1, 0.15) is 27.0 Å². The Kier molecular flexibility index (Phi) is 7.59. The molecular weight excluding hydrogens is 649 g/mol. The van der Waals surface area contributed by atoms with Gasteiger partial charge in [0.15, 0.2) is 0 Å². The summed E-state index contributed by atoms with van der Waals surface area (Å²) >= 11 is 0. The van der Waals surface area contributed by atoms with Gasteiger partial charge in [-0.2, -0.15) is 4.90 Å². The van der Waals surface area contributed by atoms with Gasteiger partial charge in [-0.15, -0.1) is 0 Å². The van der Waals surface area contributed by atoms with E-state index in [4.69, 9.17) is 4.74 Å². The second-order valence-electron chi connectivity index (χ2n) is 10.9. The number of nitrogens with one attached hydrogen (secondary N) is 1. The first kappa shape index (κ1) is 34.5. The summed E-state index contributed by atoms with van der Waals surface area (Å²) in [6.45, 7) is -2.67. The van der Waals surface area contributed by atoms with E-state index in [0.717, 1.165) is 18.2 Å². The molecular formula is C25H26FN3O18. The van der Waals surface area contributed by atoms with Gasteiger partial charge >= 0.3 is 29.6 Å². The highest BCUT2D eigenvalue weighted by Gasteiger charge is 2.77.